The summed E-state index contributed by atoms with van der Waals surface area (Å²) in [5.74, 6) is 0. The quantitative estimate of drug-likeness (QED) is 0.836. The van der Waals surface area contributed by atoms with Crippen LogP contribution in [-0.4, -0.2) is 6.54 Å². The van der Waals surface area contributed by atoms with Gasteiger partial charge in [-0.05, 0) is 30.7 Å². The van der Waals surface area contributed by atoms with Crippen molar-refractivity contribution in [1.29, 1.82) is 0 Å². The minimum Gasteiger partial charge on any atom is -0.297 e. The minimum atomic E-state index is -2.69. The van der Waals surface area contributed by atoms with Crippen LogP contribution < -0.4 is 15.7 Å². The molecule has 0 spiro atoms. The first kappa shape index (κ1) is 13.1. The van der Waals surface area contributed by atoms with E-state index in [4.69, 9.17) is 0 Å². The van der Waals surface area contributed by atoms with Gasteiger partial charge in [0, 0.05) is 17.2 Å². The van der Waals surface area contributed by atoms with Crippen LogP contribution in [0.4, 0.5) is 0 Å². The van der Waals surface area contributed by atoms with E-state index < -0.39 is 7.29 Å². The molecular formula is C15H18NOP. The van der Waals surface area contributed by atoms with E-state index in [1.54, 1.807) is 0 Å². The molecule has 0 saturated heterocycles. The van der Waals surface area contributed by atoms with Crippen molar-refractivity contribution in [2.75, 3.05) is 6.54 Å². The third kappa shape index (κ3) is 2.72. The zero-order valence-electron chi connectivity index (χ0n) is 10.5. The lowest BCUT2D eigenvalue weighted by molar-refractivity contribution is 0.577. The van der Waals surface area contributed by atoms with Gasteiger partial charge in [0.15, 0.2) is 0 Å². The molecule has 1 N–H and O–H groups in total. The van der Waals surface area contributed by atoms with E-state index in [1.807, 2.05) is 60.7 Å². The van der Waals surface area contributed by atoms with Gasteiger partial charge in [-0.2, -0.15) is 0 Å². The van der Waals surface area contributed by atoms with Gasteiger partial charge in [0.2, 0.25) is 7.29 Å². The smallest absolute Gasteiger partial charge is 0.204 e. The summed E-state index contributed by atoms with van der Waals surface area (Å²) in [5.41, 5.74) is 0. The standard InChI is InChI=1S/C15H18NOP/c1-2-13-16-18(17,14-9-5-3-6-10-14)15-11-7-4-8-12-15/h3-12H,2,13H2,1H3,(H,16,17). The molecule has 0 heterocycles. The van der Waals surface area contributed by atoms with Gasteiger partial charge in [0.05, 0.1) is 0 Å². The monoisotopic (exact) mass is 259 g/mol. The van der Waals surface area contributed by atoms with Gasteiger partial charge >= 0.3 is 0 Å². The zero-order chi connectivity index (χ0) is 12.8. The molecule has 0 aromatic heterocycles. The highest BCUT2D eigenvalue weighted by Crippen LogP contribution is 2.38. The van der Waals surface area contributed by atoms with E-state index in [2.05, 4.69) is 12.0 Å². The second-order valence-electron chi connectivity index (χ2n) is 4.19. The first-order valence-electron chi connectivity index (χ1n) is 6.24. The van der Waals surface area contributed by atoms with Crippen LogP contribution in [0.3, 0.4) is 0 Å². The molecular weight excluding hydrogens is 241 g/mol. The van der Waals surface area contributed by atoms with Crippen molar-refractivity contribution in [1.82, 2.24) is 5.09 Å². The molecule has 0 radical (unpaired) electrons. The van der Waals surface area contributed by atoms with Crippen LogP contribution in [-0.2, 0) is 4.57 Å². The van der Waals surface area contributed by atoms with Crippen molar-refractivity contribution in [3.05, 3.63) is 60.7 Å². The Kier molecular flexibility index (Phi) is 4.35. The summed E-state index contributed by atoms with van der Waals surface area (Å²) in [6.45, 7) is 2.83. The molecule has 0 aliphatic heterocycles. The molecule has 0 aliphatic carbocycles. The number of benzene rings is 2. The Morgan fingerprint density at radius 3 is 1.72 bits per heavy atom. The number of hydrogen-bond donors (Lipinski definition) is 1. The highest BCUT2D eigenvalue weighted by Gasteiger charge is 2.25. The van der Waals surface area contributed by atoms with E-state index >= 15 is 0 Å². The molecule has 18 heavy (non-hydrogen) atoms. The Balaban J connectivity index is 2.45. The second-order valence-corrected chi connectivity index (χ2v) is 6.76. The Morgan fingerprint density at radius 2 is 1.33 bits per heavy atom. The lowest BCUT2D eigenvalue weighted by Crippen LogP contribution is -2.28. The van der Waals surface area contributed by atoms with Gasteiger partial charge in [-0.15, -0.1) is 0 Å². The second kappa shape index (κ2) is 5.99. The zero-order valence-corrected chi connectivity index (χ0v) is 11.4. The number of hydrogen-bond acceptors (Lipinski definition) is 1. The Morgan fingerprint density at radius 1 is 0.889 bits per heavy atom. The fraction of sp³-hybridized carbons (Fsp3) is 0.200. The Labute approximate surface area is 108 Å². The van der Waals surface area contributed by atoms with Gasteiger partial charge in [-0.25, -0.2) is 0 Å². The lowest BCUT2D eigenvalue weighted by Gasteiger charge is -2.20. The fourth-order valence-electron chi connectivity index (χ4n) is 1.88. The number of nitrogens with one attached hydrogen (secondary N) is 1. The summed E-state index contributed by atoms with van der Waals surface area (Å²) in [5, 5.41) is 4.96. The van der Waals surface area contributed by atoms with Crippen LogP contribution in [0, 0.1) is 0 Å². The largest absolute Gasteiger partial charge is 0.297 e. The van der Waals surface area contributed by atoms with E-state index in [0.29, 0.717) is 0 Å². The van der Waals surface area contributed by atoms with Crippen molar-refractivity contribution in [2.45, 2.75) is 13.3 Å². The van der Waals surface area contributed by atoms with Gasteiger partial charge < -0.3 is 0 Å². The summed E-state index contributed by atoms with van der Waals surface area (Å²) >= 11 is 0. The van der Waals surface area contributed by atoms with Gasteiger partial charge in [0.25, 0.3) is 0 Å². The van der Waals surface area contributed by atoms with E-state index in [9.17, 15) is 4.57 Å². The third-order valence-electron chi connectivity index (χ3n) is 2.82. The SMILES string of the molecule is CCCNP(=O)(c1ccccc1)c1ccccc1. The molecule has 3 heteroatoms. The maximum atomic E-state index is 13.3. The molecule has 0 aliphatic rings. The average Bonchev–Trinajstić information content (AvgIpc) is 2.46. The molecule has 0 fully saturated rings. The van der Waals surface area contributed by atoms with Crippen molar-refractivity contribution in [2.24, 2.45) is 0 Å². The Hall–Kier alpha value is -1.37. The lowest BCUT2D eigenvalue weighted by atomic mass is 10.4. The Bertz CT molecular complexity index is 481. The van der Waals surface area contributed by atoms with Crippen LogP contribution in [0.15, 0.2) is 60.7 Å². The maximum absolute atomic E-state index is 13.3. The highest BCUT2D eigenvalue weighted by atomic mass is 31.2. The molecule has 0 amide bonds. The normalized spacial score (nSPS) is 11.4. The van der Waals surface area contributed by atoms with Crippen LogP contribution in [0.2, 0.25) is 0 Å². The van der Waals surface area contributed by atoms with Crippen molar-refractivity contribution in [3.8, 4) is 0 Å². The van der Waals surface area contributed by atoms with Crippen molar-refractivity contribution in [3.63, 3.8) is 0 Å². The summed E-state index contributed by atoms with van der Waals surface area (Å²) < 4.78 is 13.3. The molecule has 2 aromatic carbocycles. The molecule has 0 saturated carbocycles. The predicted octanol–water partition coefficient (Wildman–Crippen LogP) is 2.92. The van der Waals surface area contributed by atoms with Gasteiger partial charge in [0.1, 0.15) is 0 Å². The minimum absolute atomic E-state index is 0.751. The maximum Gasteiger partial charge on any atom is 0.204 e. The topological polar surface area (TPSA) is 29.1 Å². The first-order valence-corrected chi connectivity index (χ1v) is 7.94. The molecule has 2 nitrogen and oxygen atoms in total. The molecule has 2 rings (SSSR count). The average molecular weight is 259 g/mol. The van der Waals surface area contributed by atoms with Crippen molar-refractivity contribution < 1.29 is 4.57 Å². The fourth-order valence-corrected chi connectivity index (χ4v) is 4.26. The van der Waals surface area contributed by atoms with Gasteiger partial charge in [-0.1, -0.05) is 43.3 Å². The predicted molar refractivity (Wildman–Crippen MR) is 78.1 cm³/mol. The summed E-state index contributed by atoms with van der Waals surface area (Å²) in [6, 6.07) is 19.3. The van der Waals surface area contributed by atoms with Crippen LogP contribution in [0.5, 0.6) is 0 Å². The van der Waals surface area contributed by atoms with Crippen LogP contribution in [0.25, 0.3) is 0 Å². The third-order valence-corrected chi connectivity index (χ3v) is 5.54. The van der Waals surface area contributed by atoms with Crippen LogP contribution >= 0.6 is 7.29 Å². The van der Waals surface area contributed by atoms with E-state index in [0.717, 1.165) is 23.6 Å². The van der Waals surface area contributed by atoms with Gasteiger partial charge in [-0.3, -0.25) is 9.65 Å². The van der Waals surface area contributed by atoms with E-state index in [1.165, 1.54) is 0 Å². The number of rotatable bonds is 5. The summed E-state index contributed by atoms with van der Waals surface area (Å²) in [6.07, 6.45) is 0.962. The van der Waals surface area contributed by atoms with E-state index in [-0.39, 0.29) is 0 Å². The molecule has 2 aromatic rings. The van der Waals surface area contributed by atoms with Crippen molar-refractivity contribution >= 4 is 17.9 Å². The first-order chi connectivity index (χ1) is 8.77. The summed E-state index contributed by atoms with van der Waals surface area (Å²) in [4.78, 5) is 0. The molecule has 0 atom stereocenters. The van der Waals surface area contributed by atoms with Crippen LogP contribution in [0.1, 0.15) is 13.3 Å². The molecule has 0 bridgehead atoms. The summed E-state index contributed by atoms with van der Waals surface area (Å²) in [7, 11) is -2.69. The molecule has 0 unspecified atom stereocenters. The molecule has 94 valence electrons. The highest BCUT2D eigenvalue weighted by molar-refractivity contribution is 7.76.